The van der Waals surface area contributed by atoms with E-state index in [4.69, 9.17) is 11.0 Å². The molecule has 80 valence electrons. The smallest absolute Gasteiger partial charge is 0.0930 e. The van der Waals surface area contributed by atoms with E-state index >= 15 is 0 Å². The Kier molecular flexibility index (Phi) is 1.86. The van der Waals surface area contributed by atoms with Crippen LogP contribution >= 0.6 is 0 Å². The van der Waals surface area contributed by atoms with Gasteiger partial charge in [-0.1, -0.05) is 0 Å². The van der Waals surface area contributed by atoms with Crippen LogP contribution in [0, 0.1) is 34.5 Å². The van der Waals surface area contributed by atoms with Crippen LogP contribution in [0.3, 0.4) is 0 Å². The predicted octanol–water partition coefficient (Wildman–Crippen LogP) is 2.57. The van der Waals surface area contributed by atoms with E-state index in [9.17, 15) is 0 Å². The van der Waals surface area contributed by atoms with E-state index in [1.807, 2.05) is 0 Å². The fourth-order valence-electron chi connectivity index (χ4n) is 4.69. The molecule has 4 aliphatic carbocycles. The Morgan fingerprint density at radius 1 is 1.13 bits per heavy atom. The van der Waals surface area contributed by atoms with Crippen molar-refractivity contribution >= 4 is 0 Å². The van der Waals surface area contributed by atoms with Gasteiger partial charge in [-0.2, -0.15) is 5.26 Å². The minimum Gasteiger partial charge on any atom is -0.401 e. The second kappa shape index (κ2) is 3.01. The second-order valence-corrected chi connectivity index (χ2v) is 5.93. The lowest BCUT2D eigenvalue weighted by Crippen LogP contribution is -2.48. The van der Waals surface area contributed by atoms with Gasteiger partial charge in [-0.3, -0.25) is 0 Å². The molecule has 0 radical (unpaired) electrons. The van der Waals surface area contributed by atoms with Crippen molar-refractivity contribution < 1.29 is 0 Å². The molecule has 0 heterocycles. The average Bonchev–Trinajstić information content (AvgIpc) is 2.15. The van der Waals surface area contributed by atoms with Crippen LogP contribution in [0.25, 0.3) is 0 Å². The summed E-state index contributed by atoms with van der Waals surface area (Å²) in [6.07, 6.45) is 9.64. The third kappa shape index (κ3) is 1.29. The van der Waals surface area contributed by atoms with Crippen LogP contribution in [0.5, 0.6) is 0 Å². The molecule has 4 bridgehead atoms. The first-order valence-corrected chi connectivity index (χ1v) is 6.07. The van der Waals surface area contributed by atoms with Crippen molar-refractivity contribution in [2.45, 2.75) is 38.5 Å². The second-order valence-electron chi connectivity index (χ2n) is 5.93. The van der Waals surface area contributed by atoms with Gasteiger partial charge in [0.1, 0.15) is 0 Å². The van der Waals surface area contributed by atoms with Crippen LogP contribution in [0.2, 0.25) is 0 Å². The normalized spacial score (nSPS) is 47.9. The zero-order valence-electron chi connectivity index (χ0n) is 9.08. The van der Waals surface area contributed by atoms with E-state index in [1.165, 1.54) is 38.5 Å². The molecule has 4 saturated carbocycles. The molecule has 0 aromatic carbocycles. The van der Waals surface area contributed by atoms with Crippen LogP contribution in [0.4, 0.5) is 0 Å². The van der Waals surface area contributed by atoms with E-state index in [-0.39, 0.29) is 5.41 Å². The topological polar surface area (TPSA) is 49.8 Å². The number of nitrogens with zero attached hydrogens (tertiary/aromatic N) is 1. The summed E-state index contributed by atoms with van der Waals surface area (Å²) >= 11 is 0. The first-order chi connectivity index (χ1) is 7.22. The Hall–Kier alpha value is -0.970. The van der Waals surface area contributed by atoms with Gasteiger partial charge in [0.15, 0.2) is 0 Å². The van der Waals surface area contributed by atoms with Gasteiger partial charge in [0.05, 0.1) is 6.07 Å². The third-order valence-corrected chi connectivity index (χ3v) is 4.87. The zero-order chi connectivity index (χ0) is 10.5. The van der Waals surface area contributed by atoms with Gasteiger partial charge >= 0.3 is 0 Å². The maximum Gasteiger partial charge on any atom is 0.0930 e. The highest BCUT2D eigenvalue weighted by molar-refractivity contribution is 5.22. The Bertz CT molecular complexity index is 313. The summed E-state index contributed by atoms with van der Waals surface area (Å²) in [5.41, 5.74) is 7.23. The summed E-state index contributed by atoms with van der Waals surface area (Å²) in [5.74, 6) is 2.71. The molecule has 0 amide bonds. The Morgan fingerprint density at radius 2 is 1.60 bits per heavy atom. The number of allylic oxidation sites excluding steroid dienone is 2. The molecule has 0 unspecified atom stereocenters. The maximum atomic E-state index is 8.73. The van der Waals surface area contributed by atoms with Crippen LogP contribution in [0.1, 0.15) is 38.5 Å². The molecule has 4 aliphatic rings. The standard InChI is InChI=1S/C13H18N2/c14-2-1-12(15)13-6-9-3-10(7-13)5-11(4-9)8-13/h1,9-11H,3-8,15H2/b12-1-. The number of nitrogens with two attached hydrogens (primary N) is 1. The fourth-order valence-corrected chi connectivity index (χ4v) is 4.69. The summed E-state index contributed by atoms with van der Waals surface area (Å²) < 4.78 is 0. The Morgan fingerprint density at radius 3 is 2.00 bits per heavy atom. The van der Waals surface area contributed by atoms with E-state index in [2.05, 4.69) is 6.07 Å². The zero-order valence-corrected chi connectivity index (χ0v) is 9.08. The highest BCUT2D eigenvalue weighted by Gasteiger charge is 2.51. The maximum absolute atomic E-state index is 8.73. The van der Waals surface area contributed by atoms with Crippen molar-refractivity contribution in [2.75, 3.05) is 0 Å². The summed E-state index contributed by atoms with van der Waals surface area (Å²) in [6, 6.07) is 2.11. The molecule has 0 spiro atoms. The highest BCUT2D eigenvalue weighted by Crippen LogP contribution is 2.61. The summed E-state index contributed by atoms with van der Waals surface area (Å²) in [4.78, 5) is 0. The Balaban J connectivity index is 1.94. The lowest BCUT2D eigenvalue weighted by atomic mass is 9.49. The van der Waals surface area contributed by atoms with Crippen molar-refractivity contribution in [3.8, 4) is 6.07 Å². The fraction of sp³-hybridized carbons (Fsp3) is 0.769. The first-order valence-electron chi connectivity index (χ1n) is 6.07. The molecule has 0 saturated heterocycles. The van der Waals surface area contributed by atoms with Crippen molar-refractivity contribution in [3.63, 3.8) is 0 Å². The Labute approximate surface area is 91.1 Å². The quantitative estimate of drug-likeness (QED) is 0.664. The van der Waals surface area contributed by atoms with E-state index in [0.717, 1.165) is 23.5 Å². The highest BCUT2D eigenvalue weighted by atomic mass is 14.7. The molecule has 0 aromatic heterocycles. The van der Waals surface area contributed by atoms with E-state index < -0.39 is 0 Å². The lowest BCUT2D eigenvalue weighted by Gasteiger charge is -2.56. The molecule has 0 aliphatic heterocycles. The summed E-state index contributed by atoms with van der Waals surface area (Å²) in [6.45, 7) is 0. The summed E-state index contributed by atoms with van der Waals surface area (Å²) in [7, 11) is 0. The minimum atomic E-state index is 0.227. The molecular weight excluding hydrogens is 184 g/mol. The first kappa shape index (κ1) is 9.27. The monoisotopic (exact) mass is 202 g/mol. The number of rotatable bonds is 1. The van der Waals surface area contributed by atoms with E-state index in [1.54, 1.807) is 6.08 Å². The number of nitriles is 1. The van der Waals surface area contributed by atoms with Crippen LogP contribution in [-0.2, 0) is 0 Å². The van der Waals surface area contributed by atoms with Crippen molar-refractivity contribution in [1.82, 2.24) is 0 Å². The van der Waals surface area contributed by atoms with Crippen LogP contribution < -0.4 is 5.73 Å². The third-order valence-electron chi connectivity index (χ3n) is 4.87. The molecular formula is C13H18N2. The van der Waals surface area contributed by atoms with Crippen molar-refractivity contribution in [1.29, 1.82) is 5.26 Å². The molecule has 4 rings (SSSR count). The van der Waals surface area contributed by atoms with Gasteiger partial charge in [-0.05, 0) is 56.3 Å². The van der Waals surface area contributed by atoms with Crippen molar-refractivity contribution in [3.05, 3.63) is 11.8 Å². The molecule has 2 heteroatoms. The molecule has 15 heavy (non-hydrogen) atoms. The molecule has 2 N–H and O–H groups in total. The average molecular weight is 202 g/mol. The minimum absolute atomic E-state index is 0.227. The number of hydrogen-bond acceptors (Lipinski definition) is 2. The predicted molar refractivity (Wildman–Crippen MR) is 58.5 cm³/mol. The van der Waals surface area contributed by atoms with Gasteiger partial charge in [-0.25, -0.2) is 0 Å². The van der Waals surface area contributed by atoms with Gasteiger partial charge in [-0.15, -0.1) is 0 Å². The van der Waals surface area contributed by atoms with Gasteiger partial charge < -0.3 is 5.73 Å². The van der Waals surface area contributed by atoms with Crippen molar-refractivity contribution in [2.24, 2.45) is 28.9 Å². The van der Waals surface area contributed by atoms with E-state index in [0.29, 0.717) is 0 Å². The molecule has 4 fully saturated rings. The number of hydrogen-bond donors (Lipinski definition) is 1. The van der Waals surface area contributed by atoms with Gasteiger partial charge in [0.2, 0.25) is 0 Å². The van der Waals surface area contributed by atoms with Gasteiger partial charge in [0.25, 0.3) is 0 Å². The largest absolute Gasteiger partial charge is 0.401 e. The van der Waals surface area contributed by atoms with Crippen LogP contribution in [-0.4, -0.2) is 0 Å². The van der Waals surface area contributed by atoms with Gasteiger partial charge in [0, 0.05) is 17.2 Å². The summed E-state index contributed by atoms with van der Waals surface area (Å²) in [5, 5.41) is 8.73. The van der Waals surface area contributed by atoms with Crippen LogP contribution in [0.15, 0.2) is 11.8 Å². The lowest BCUT2D eigenvalue weighted by molar-refractivity contribution is -0.0311. The SMILES string of the molecule is N#C/C=C(\N)C12CC3CC(CC(C3)C1)C2. The molecule has 0 aromatic rings. The molecule has 2 nitrogen and oxygen atoms in total. The molecule has 0 atom stereocenters.